The van der Waals surface area contributed by atoms with Gasteiger partial charge in [0, 0.05) is 11.1 Å². The van der Waals surface area contributed by atoms with Crippen molar-refractivity contribution >= 4 is 49.3 Å². The first-order valence-electron chi connectivity index (χ1n) is 10.2. The van der Waals surface area contributed by atoms with E-state index in [9.17, 15) is 0 Å². The first kappa shape index (κ1) is 19.9. The van der Waals surface area contributed by atoms with Gasteiger partial charge in [-0.2, -0.15) is 0 Å². The molecule has 150 valence electrons. The topological polar surface area (TPSA) is 55.1 Å². The molecule has 1 aliphatic carbocycles. The van der Waals surface area contributed by atoms with Crippen molar-refractivity contribution in [3.8, 4) is 0 Å². The van der Waals surface area contributed by atoms with Crippen LogP contribution in [0.3, 0.4) is 0 Å². The number of aryl methyl sites for hydroxylation is 1. The van der Waals surface area contributed by atoms with Crippen LogP contribution in [0.1, 0.15) is 37.1 Å². The third-order valence-electron chi connectivity index (χ3n) is 5.30. The second kappa shape index (κ2) is 8.13. The summed E-state index contributed by atoms with van der Waals surface area (Å²) in [5.74, 6) is 1.59. The van der Waals surface area contributed by atoms with E-state index in [2.05, 4.69) is 33.3 Å². The third kappa shape index (κ3) is 3.72. The van der Waals surface area contributed by atoms with Crippen LogP contribution >= 0.6 is 23.1 Å². The molecule has 0 aliphatic heterocycles. The summed E-state index contributed by atoms with van der Waals surface area (Å²) in [5, 5.41) is 5.70. The van der Waals surface area contributed by atoms with Crippen molar-refractivity contribution in [1.29, 1.82) is 0 Å². The van der Waals surface area contributed by atoms with Crippen molar-refractivity contribution in [2.45, 2.75) is 44.7 Å². The summed E-state index contributed by atoms with van der Waals surface area (Å²) in [6, 6.07) is 0. The van der Waals surface area contributed by atoms with Crippen molar-refractivity contribution in [1.82, 2.24) is 15.0 Å². The number of hydrogen-bond donors (Lipinski definition) is 2. The average molecular weight is 417 g/mol. The van der Waals surface area contributed by atoms with Gasteiger partial charge in [0.1, 0.15) is 10.6 Å². The largest absolute Gasteiger partial charge is 0.363 e. The minimum absolute atomic E-state index is 0.623. The zero-order valence-corrected chi connectivity index (χ0v) is 19.1. The zero-order valence-electron chi connectivity index (χ0n) is 17.5. The molecule has 3 aromatic rings. The quantitative estimate of drug-likeness (QED) is 0.458. The number of aromatic nitrogens is 3. The van der Waals surface area contributed by atoms with E-state index < -0.39 is 0 Å². The predicted octanol–water partition coefficient (Wildman–Crippen LogP) is 3.21. The summed E-state index contributed by atoms with van der Waals surface area (Å²) in [6.45, 7) is 6.52. The minimum Gasteiger partial charge on any atom is -0.363 e. The van der Waals surface area contributed by atoms with E-state index in [1.165, 1.54) is 33.5 Å². The maximum absolute atomic E-state index is 5.14. The van der Waals surface area contributed by atoms with Gasteiger partial charge < -0.3 is 10.2 Å². The Morgan fingerprint density at radius 2 is 1.93 bits per heavy atom. The first-order valence-corrected chi connectivity index (χ1v) is 12.2. The van der Waals surface area contributed by atoms with Crippen LogP contribution in [0.15, 0.2) is 5.16 Å². The standard InChI is InChI=1S/C21H29N5S2/c1-12(2)11-15-13-7-6-8-14(13)16-17-18(28-20(16)23-15)19(22-9-10-26(3)4)25-21(24-17)27-5/h12H,6-11H2,1-5H3,(H,22,24,25)/p+1. The Kier molecular flexibility index (Phi) is 5.76. The number of thiophene rings is 1. The molecule has 1 aliphatic rings. The first-order chi connectivity index (χ1) is 13.5. The summed E-state index contributed by atoms with van der Waals surface area (Å²) >= 11 is 3.37. The fourth-order valence-electron chi connectivity index (χ4n) is 4.02. The number of pyridine rings is 1. The molecule has 0 radical (unpaired) electrons. The monoisotopic (exact) mass is 416 g/mol. The number of quaternary nitrogens is 1. The van der Waals surface area contributed by atoms with Gasteiger partial charge in [-0.25, -0.2) is 15.0 Å². The molecule has 0 saturated carbocycles. The lowest BCUT2D eigenvalue weighted by molar-refractivity contribution is -0.856. The van der Waals surface area contributed by atoms with Crippen LogP contribution in [0, 0.1) is 5.92 Å². The van der Waals surface area contributed by atoms with Crippen LogP contribution in [0.4, 0.5) is 5.82 Å². The van der Waals surface area contributed by atoms with E-state index in [1.807, 2.05) is 6.26 Å². The molecule has 0 amide bonds. The number of fused-ring (bicyclic) bond motifs is 5. The zero-order chi connectivity index (χ0) is 19.8. The Bertz CT molecular complexity index is 1010. The third-order valence-corrected chi connectivity index (χ3v) is 6.93. The molecular formula is C21H30N5S2+. The smallest absolute Gasteiger partial charge is 0.189 e. The Morgan fingerprint density at radius 1 is 1.14 bits per heavy atom. The molecule has 2 N–H and O–H groups in total. The SMILES string of the molecule is CSc1nc(NCC[NH+](C)C)c2sc3nc(CC(C)C)c4c(c3c2n1)CCC4. The van der Waals surface area contributed by atoms with Crippen LogP contribution in [0.5, 0.6) is 0 Å². The van der Waals surface area contributed by atoms with Crippen molar-refractivity contribution in [3.05, 3.63) is 16.8 Å². The number of hydrogen-bond acceptors (Lipinski definition) is 6. The number of anilines is 1. The average Bonchev–Trinajstić information content (AvgIpc) is 3.25. The molecule has 4 rings (SSSR count). The summed E-state index contributed by atoms with van der Waals surface area (Å²) in [5.41, 5.74) is 5.41. The molecular weight excluding hydrogens is 386 g/mol. The van der Waals surface area contributed by atoms with Crippen molar-refractivity contribution in [2.75, 3.05) is 38.8 Å². The van der Waals surface area contributed by atoms with E-state index in [1.54, 1.807) is 23.1 Å². The fraction of sp³-hybridized carbons (Fsp3) is 0.571. The summed E-state index contributed by atoms with van der Waals surface area (Å²) < 4.78 is 1.16. The van der Waals surface area contributed by atoms with E-state index >= 15 is 0 Å². The maximum atomic E-state index is 5.14. The number of thioether (sulfide) groups is 1. The Morgan fingerprint density at radius 3 is 2.64 bits per heavy atom. The Hall–Kier alpha value is -1.44. The van der Waals surface area contributed by atoms with Crippen LogP contribution in [-0.2, 0) is 19.3 Å². The molecule has 0 bridgehead atoms. The highest BCUT2D eigenvalue weighted by Gasteiger charge is 2.25. The molecule has 0 aromatic carbocycles. The minimum atomic E-state index is 0.623. The molecule has 28 heavy (non-hydrogen) atoms. The lowest BCUT2D eigenvalue weighted by Crippen LogP contribution is -3.06. The van der Waals surface area contributed by atoms with E-state index in [-0.39, 0.29) is 0 Å². The van der Waals surface area contributed by atoms with Gasteiger partial charge >= 0.3 is 0 Å². The highest BCUT2D eigenvalue weighted by atomic mass is 32.2. The number of nitrogens with one attached hydrogen (secondary N) is 2. The summed E-state index contributed by atoms with van der Waals surface area (Å²) in [4.78, 5) is 17.4. The van der Waals surface area contributed by atoms with Crippen molar-refractivity contribution in [2.24, 2.45) is 5.92 Å². The molecule has 0 unspecified atom stereocenters. The van der Waals surface area contributed by atoms with Gasteiger partial charge in [-0.15, -0.1) is 11.3 Å². The van der Waals surface area contributed by atoms with E-state index in [0.717, 1.165) is 58.4 Å². The number of nitrogens with zero attached hydrogens (tertiary/aromatic N) is 3. The fourth-order valence-corrected chi connectivity index (χ4v) is 5.52. The Labute approximate surface area is 175 Å². The van der Waals surface area contributed by atoms with Gasteiger partial charge in [0.25, 0.3) is 0 Å². The van der Waals surface area contributed by atoms with Crippen LogP contribution in [0.25, 0.3) is 20.4 Å². The molecule has 7 heteroatoms. The highest BCUT2D eigenvalue weighted by Crippen LogP contribution is 2.42. The second-order valence-electron chi connectivity index (χ2n) is 8.37. The number of rotatable bonds is 7. The Balaban J connectivity index is 1.89. The predicted molar refractivity (Wildman–Crippen MR) is 121 cm³/mol. The molecule has 5 nitrogen and oxygen atoms in total. The summed E-state index contributed by atoms with van der Waals surface area (Å²) in [6.07, 6.45) is 6.65. The normalized spacial score (nSPS) is 14.0. The molecule has 3 heterocycles. The van der Waals surface area contributed by atoms with Gasteiger partial charge in [-0.05, 0) is 49.0 Å². The van der Waals surface area contributed by atoms with Gasteiger partial charge in [0.15, 0.2) is 5.16 Å². The van der Waals surface area contributed by atoms with Gasteiger partial charge in [-0.1, -0.05) is 25.6 Å². The molecule has 0 fully saturated rings. The number of likely N-dealkylation sites (N-methyl/N-ethyl adjacent to an activating group) is 1. The van der Waals surface area contributed by atoms with Crippen molar-refractivity contribution in [3.63, 3.8) is 0 Å². The highest BCUT2D eigenvalue weighted by molar-refractivity contribution is 7.98. The van der Waals surface area contributed by atoms with Crippen molar-refractivity contribution < 1.29 is 4.90 Å². The van der Waals surface area contributed by atoms with Crippen LogP contribution < -0.4 is 10.2 Å². The van der Waals surface area contributed by atoms with Gasteiger partial charge in [0.2, 0.25) is 0 Å². The van der Waals surface area contributed by atoms with Crippen LogP contribution in [0.2, 0.25) is 0 Å². The molecule has 0 spiro atoms. The van der Waals surface area contributed by atoms with E-state index in [4.69, 9.17) is 15.0 Å². The molecule has 0 atom stereocenters. The van der Waals surface area contributed by atoms with Crippen LogP contribution in [-0.4, -0.2) is 48.4 Å². The molecule has 0 saturated heterocycles. The van der Waals surface area contributed by atoms with Gasteiger partial charge in [0.05, 0.1) is 37.4 Å². The maximum Gasteiger partial charge on any atom is 0.189 e. The molecule has 3 aromatic heterocycles. The lowest BCUT2D eigenvalue weighted by Gasteiger charge is -2.11. The lowest BCUT2D eigenvalue weighted by atomic mass is 9.99. The summed E-state index contributed by atoms with van der Waals surface area (Å²) in [7, 11) is 4.35. The van der Waals surface area contributed by atoms with Gasteiger partial charge in [-0.3, -0.25) is 0 Å². The second-order valence-corrected chi connectivity index (χ2v) is 10.1. The van der Waals surface area contributed by atoms with E-state index in [0.29, 0.717) is 5.92 Å².